The van der Waals surface area contributed by atoms with Crippen molar-refractivity contribution < 1.29 is 4.74 Å². The minimum Gasteiger partial charge on any atom is -0.435 e. The number of nitrogen functional groups attached to an aromatic ring is 1. The average Bonchev–Trinajstić information content (AvgIpc) is 2.85. The lowest BCUT2D eigenvalue weighted by Crippen LogP contribution is -2.13. The van der Waals surface area contributed by atoms with E-state index in [0.717, 1.165) is 6.54 Å². The van der Waals surface area contributed by atoms with Gasteiger partial charge in [-0.1, -0.05) is 0 Å². The molecule has 0 saturated carbocycles. The number of aromatic nitrogens is 4. The maximum Gasteiger partial charge on any atom is 0.229 e. The normalized spacial score (nSPS) is 10.6. The molecule has 0 unspecified atom stereocenters. The topological polar surface area (TPSA) is 94.7 Å². The Kier molecular flexibility index (Phi) is 3.05. The van der Waals surface area contributed by atoms with Crippen LogP contribution >= 0.6 is 0 Å². The Hall–Kier alpha value is -2.31. The molecule has 0 spiro atoms. The standard InChI is InChI=1S/C11H16N6O/c1-4-17-6-8(5-14-17)18-11-9(10(12)13)7(2)15-16(11)3/h5-6H,4H2,1-3H3,(H3,12,13). The molecule has 0 aliphatic rings. The van der Waals surface area contributed by atoms with Crippen molar-refractivity contribution >= 4 is 5.84 Å². The molecule has 0 radical (unpaired) electrons. The van der Waals surface area contributed by atoms with E-state index in [9.17, 15) is 0 Å². The molecule has 2 heterocycles. The van der Waals surface area contributed by atoms with E-state index >= 15 is 0 Å². The third kappa shape index (κ3) is 2.06. The SMILES string of the molecule is CCn1cc(Oc2c(C(=N)N)c(C)nn2C)cn1. The number of nitrogens with two attached hydrogens (primary N) is 1. The lowest BCUT2D eigenvalue weighted by molar-refractivity contribution is 0.429. The molecular weight excluding hydrogens is 232 g/mol. The van der Waals surface area contributed by atoms with Crippen LogP contribution in [0.1, 0.15) is 18.2 Å². The highest BCUT2D eigenvalue weighted by Crippen LogP contribution is 2.26. The lowest BCUT2D eigenvalue weighted by Gasteiger charge is -2.05. The molecule has 7 nitrogen and oxygen atoms in total. The van der Waals surface area contributed by atoms with Gasteiger partial charge in [-0.05, 0) is 13.8 Å². The van der Waals surface area contributed by atoms with E-state index in [4.69, 9.17) is 15.9 Å². The van der Waals surface area contributed by atoms with E-state index in [-0.39, 0.29) is 5.84 Å². The maximum absolute atomic E-state index is 7.56. The van der Waals surface area contributed by atoms with Crippen molar-refractivity contribution in [1.82, 2.24) is 19.6 Å². The van der Waals surface area contributed by atoms with Gasteiger partial charge in [-0.15, -0.1) is 0 Å². The summed E-state index contributed by atoms with van der Waals surface area (Å²) in [5.41, 5.74) is 6.73. The minimum absolute atomic E-state index is 0.0570. The second-order valence-corrected chi connectivity index (χ2v) is 3.94. The molecule has 0 saturated heterocycles. The number of aryl methyl sites for hydroxylation is 3. The molecule has 2 rings (SSSR count). The molecule has 0 aliphatic heterocycles. The molecule has 0 aliphatic carbocycles. The Balaban J connectivity index is 2.36. The first-order valence-electron chi connectivity index (χ1n) is 5.61. The summed E-state index contributed by atoms with van der Waals surface area (Å²) in [6, 6.07) is 0. The van der Waals surface area contributed by atoms with Gasteiger partial charge in [0.2, 0.25) is 5.88 Å². The van der Waals surface area contributed by atoms with Crippen LogP contribution in [0.2, 0.25) is 0 Å². The van der Waals surface area contributed by atoms with Crippen LogP contribution < -0.4 is 10.5 Å². The molecular formula is C11H16N6O. The highest BCUT2D eigenvalue weighted by Gasteiger charge is 2.18. The van der Waals surface area contributed by atoms with E-state index in [1.54, 1.807) is 35.7 Å². The van der Waals surface area contributed by atoms with Crippen LogP contribution in [0, 0.1) is 12.3 Å². The van der Waals surface area contributed by atoms with E-state index in [2.05, 4.69) is 10.2 Å². The van der Waals surface area contributed by atoms with Gasteiger partial charge < -0.3 is 10.5 Å². The van der Waals surface area contributed by atoms with Gasteiger partial charge in [-0.2, -0.15) is 10.2 Å². The fraction of sp³-hybridized carbons (Fsp3) is 0.364. The summed E-state index contributed by atoms with van der Waals surface area (Å²) in [5.74, 6) is 0.997. The molecule has 7 heteroatoms. The largest absolute Gasteiger partial charge is 0.435 e. The van der Waals surface area contributed by atoms with Crippen molar-refractivity contribution in [3.8, 4) is 11.6 Å². The number of amidine groups is 1. The van der Waals surface area contributed by atoms with E-state index in [1.807, 2.05) is 6.92 Å². The molecule has 0 amide bonds. The quantitative estimate of drug-likeness (QED) is 0.624. The van der Waals surface area contributed by atoms with Crippen molar-refractivity contribution in [3.63, 3.8) is 0 Å². The Morgan fingerprint density at radius 2 is 2.28 bits per heavy atom. The van der Waals surface area contributed by atoms with Crippen molar-refractivity contribution in [2.75, 3.05) is 0 Å². The van der Waals surface area contributed by atoms with Gasteiger partial charge >= 0.3 is 0 Å². The summed E-state index contributed by atoms with van der Waals surface area (Å²) < 4.78 is 9.02. The van der Waals surface area contributed by atoms with Crippen LogP contribution in [0.5, 0.6) is 11.6 Å². The summed E-state index contributed by atoms with van der Waals surface area (Å²) in [6.07, 6.45) is 3.40. The Bertz CT molecular complexity index is 582. The fourth-order valence-corrected chi connectivity index (χ4v) is 1.75. The van der Waals surface area contributed by atoms with Crippen LogP contribution in [0.15, 0.2) is 12.4 Å². The summed E-state index contributed by atoms with van der Waals surface area (Å²) in [4.78, 5) is 0. The number of hydrogen-bond donors (Lipinski definition) is 2. The summed E-state index contributed by atoms with van der Waals surface area (Å²) in [6.45, 7) is 4.55. The molecule has 18 heavy (non-hydrogen) atoms. The Labute approximate surface area is 105 Å². The predicted molar refractivity (Wildman–Crippen MR) is 66.9 cm³/mol. The monoisotopic (exact) mass is 248 g/mol. The second kappa shape index (κ2) is 4.52. The lowest BCUT2D eigenvalue weighted by atomic mass is 10.2. The zero-order chi connectivity index (χ0) is 13.3. The number of nitrogens with zero attached hydrogens (tertiary/aromatic N) is 4. The zero-order valence-electron chi connectivity index (χ0n) is 10.6. The number of nitrogens with one attached hydrogen (secondary N) is 1. The van der Waals surface area contributed by atoms with Crippen molar-refractivity contribution in [3.05, 3.63) is 23.7 Å². The molecule has 0 atom stereocenters. The van der Waals surface area contributed by atoms with Gasteiger partial charge in [0.25, 0.3) is 0 Å². The van der Waals surface area contributed by atoms with Crippen molar-refractivity contribution in [2.24, 2.45) is 12.8 Å². The molecule has 0 fully saturated rings. The van der Waals surface area contributed by atoms with Crippen LogP contribution in [0.25, 0.3) is 0 Å². The van der Waals surface area contributed by atoms with Gasteiger partial charge in [0.05, 0.1) is 18.1 Å². The summed E-state index contributed by atoms with van der Waals surface area (Å²) >= 11 is 0. The molecule has 96 valence electrons. The predicted octanol–water partition coefficient (Wildman–Crippen LogP) is 1.02. The number of ether oxygens (including phenoxy) is 1. The highest BCUT2D eigenvalue weighted by atomic mass is 16.5. The average molecular weight is 248 g/mol. The van der Waals surface area contributed by atoms with Gasteiger partial charge in [-0.3, -0.25) is 10.1 Å². The molecule has 0 bridgehead atoms. The highest BCUT2D eigenvalue weighted by molar-refractivity contribution is 5.98. The van der Waals surface area contributed by atoms with E-state index < -0.39 is 0 Å². The first-order chi connectivity index (χ1) is 8.52. The van der Waals surface area contributed by atoms with Gasteiger partial charge in [0.1, 0.15) is 11.4 Å². The van der Waals surface area contributed by atoms with Crippen LogP contribution in [-0.2, 0) is 13.6 Å². The Morgan fingerprint density at radius 1 is 1.56 bits per heavy atom. The van der Waals surface area contributed by atoms with E-state index in [0.29, 0.717) is 22.9 Å². The Morgan fingerprint density at radius 3 is 2.83 bits per heavy atom. The van der Waals surface area contributed by atoms with Gasteiger partial charge in [-0.25, -0.2) is 4.68 Å². The minimum atomic E-state index is -0.0570. The summed E-state index contributed by atoms with van der Waals surface area (Å²) in [5, 5.41) is 15.9. The number of hydrogen-bond acceptors (Lipinski definition) is 4. The molecule has 2 aromatic rings. The third-order valence-corrected chi connectivity index (χ3v) is 2.59. The zero-order valence-corrected chi connectivity index (χ0v) is 10.6. The summed E-state index contributed by atoms with van der Waals surface area (Å²) in [7, 11) is 1.75. The fourth-order valence-electron chi connectivity index (χ4n) is 1.75. The van der Waals surface area contributed by atoms with Crippen LogP contribution in [0.4, 0.5) is 0 Å². The first-order valence-corrected chi connectivity index (χ1v) is 5.61. The van der Waals surface area contributed by atoms with Crippen LogP contribution in [0.3, 0.4) is 0 Å². The molecule has 0 aromatic carbocycles. The third-order valence-electron chi connectivity index (χ3n) is 2.59. The van der Waals surface area contributed by atoms with E-state index in [1.165, 1.54) is 0 Å². The van der Waals surface area contributed by atoms with Crippen molar-refractivity contribution in [1.29, 1.82) is 5.41 Å². The maximum atomic E-state index is 7.56. The van der Waals surface area contributed by atoms with Crippen LogP contribution in [-0.4, -0.2) is 25.4 Å². The molecule has 2 aromatic heterocycles. The second-order valence-electron chi connectivity index (χ2n) is 3.94. The number of rotatable bonds is 4. The smallest absolute Gasteiger partial charge is 0.229 e. The van der Waals surface area contributed by atoms with Gasteiger partial charge in [0, 0.05) is 13.6 Å². The van der Waals surface area contributed by atoms with Crippen molar-refractivity contribution in [2.45, 2.75) is 20.4 Å². The molecule has 3 N–H and O–H groups in total. The first kappa shape index (κ1) is 12.2. The van der Waals surface area contributed by atoms with Gasteiger partial charge in [0.15, 0.2) is 5.75 Å².